The van der Waals surface area contributed by atoms with Gasteiger partial charge in [-0.3, -0.25) is 9.59 Å². The molecule has 0 aliphatic rings. The van der Waals surface area contributed by atoms with Gasteiger partial charge in [0.1, 0.15) is 5.82 Å². The van der Waals surface area contributed by atoms with Gasteiger partial charge in [-0.15, -0.1) is 10.2 Å². The number of ether oxygens (including phenoxy) is 2. The fourth-order valence-electron chi connectivity index (χ4n) is 2.94. The Morgan fingerprint density at radius 1 is 0.939 bits per heavy atom. The fourth-order valence-corrected chi connectivity index (χ4v) is 2.94. The van der Waals surface area contributed by atoms with Gasteiger partial charge < -0.3 is 30.7 Å². The number of rotatable bonds is 10. The number of para-hydroxylation sites is 1. The molecule has 0 unspecified atom stereocenters. The maximum absolute atomic E-state index is 12.6. The lowest BCUT2D eigenvalue weighted by atomic mass is 10.1. The third kappa shape index (κ3) is 5.92. The summed E-state index contributed by atoms with van der Waals surface area (Å²) in [6.07, 6.45) is 1.64. The first kappa shape index (κ1) is 23.4. The zero-order valence-electron chi connectivity index (χ0n) is 18.5. The van der Waals surface area contributed by atoms with Gasteiger partial charge in [-0.1, -0.05) is 12.1 Å². The molecule has 0 bridgehead atoms. The molecule has 1 aromatic carbocycles. The first-order chi connectivity index (χ1) is 16.1. The number of methoxy groups -OCH3 is 2. The van der Waals surface area contributed by atoms with E-state index < -0.39 is 5.91 Å². The van der Waals surface area contributed by atoms with Gasteiger partial charge in [0.25, 0.3) is 11.8 Å². The predicted octanol–water partition coefficient (Wildman–Crippen LogP) is 2.10. The highest BCUT2D eigenvalue weighted by molar-refractivity contribution is 6.01. The van der Waals surface area contributed by atoms with Gasteiger partial charge in [0.05, 0.1) is 30.7 Å². The molecule has 172 valence electrons. The summed E-state index contributed by atoms with van der Waals surface area (Å²) < 4.78 is 10.5. The van der Waals surface area contributed by atoms with E-state index >= 15 is 0 Å². The Labute approximate surface area is 190 Å². The van der Waals surface area contributed by atoms with Crippen LogP contribution in [-0.2, 0) is 4.74 Å². The van der Waals surface area contributed by atoms with E-state index in [4.69, 9.17) is 9.47 Å². The predicted molar refractivity (Wildman–Crippen MR) is 123 cm³/mol. The molecule has 0 aliphatic heterocycles. The Morgan fingerprint density at radius 3 is 2.48 bits per heavy atom. The van der Waals surface area contributed by atoms with E-state index in [9.17, 15) is 9.59 Å². The Kier molecular flexibility index (Phi) is 8.08. The van der Waals surface area contributed by atoms with E-state index in [1.54, 1.807) is 49.7 Å². The van der Waals surface area contributed by atoms with Gasteiger partial charge in [0.2, 0.25) is 0 Å². The third-order valence-electron chi connectivity index (χ3n) is 4.48. The summed E-state index contributed by atoms with van der Waals surface area (Å²) in [5.41, 5.74) is 1.23. The summed E-state index contributed by atoms with van der Waals surface area (Å²) in [4.78, 5) is 29.2. The van der Waals surface area contributed by atoms with Crippen LogP contribution in [0.25, 0.3) is 0 Å². The lowest BCUT2D eigenvalue weighted by Crippen LogP contribution is -2.27. The number of carbonyl (C=O) groups is 2. The van der Waals surface area contributed by atoms with Crippen molar-refractivity contribution in [3.05, 3.63) is 59.9 Å². The van der Waals surface area contributed by atoms with Gasteiger partial charge in [-0.2, -0.15) is 0 Å². The molecule has 0 spiro atoms. The van der Waals surface area contributed by atoms with Crippen LogP contribution < -0.4 is 26.0 Å². The summed E-state index contributed by atoms with van der Waals surface area (Å²) in [7, 11) is 4.52. The second-order valence-electron chi connectivity index (χ2n) is 6.67. The van der Waals surface area contributed by atoms with Crippen LogP contribution in [0.2, 0.25) is 0 Å². The summed E-state index contributed by atoms with van der Waals surface area (Å²) in [5.74, 6) is 0.506. The second-order valence-corrected chi connectivity index (χ2v) is 6.67. The maximum Gasteiger partial charge on any atom is 0.273 e. The molecule has 0 atom stereocenters. The molecule has 4 N–H and O–H groups in total. The van der Waals surface area contributed by atoms with Crippen molar-refractivity contribution in [2.75, 3.05) is 45.1 Å². The number of amides is 2. The standard InChI is InChI=1S/C22H25N7O4/c1-23-22(31)19-16(13-18(28-29-19)27-17-9-4-5-10-24-17)26-15-8-6-7-14(20(15)33-3)21(30)25-11-12-32-2/h4-10,13H,11-12H2,1-3H3,(H,23,31)(H,25,30)(H2,24,26,27,28). The van der Waals surface area contributed by atoms with Crippen molar-refractivity contribution in [3.8, 4) is 5.75 Å². The van der Waals surface area contributed by atoms with Crippen LogP contribution in [-0.4, -0.2) is 61.4 Å². The van der Waals surface area contributed by atoms with Crippen LogP contribution in [0, 0.1) is 0 Å². The smallest absolute Gasteiger partial charge is 0.273 e. The van der Waals surface area contributed by atoms with E-state index in [0.717, 1.165) is 0 Å². The summed E-state index contributed by atoms with van der Waals surface area (Å²) in [6.45, 7) is 0.740. The van der Waals surface area contributed by atoms with E-state index in [0.29, 0.717) is 47.5 Å². The Hall–Kier alpha value is -4.25. The Bertz CT molecular complexity index is 1110. The Morgan fingerprint density at radius 2 is 1.79 bits per heavy atom. The van der Waals surface area contributed by atoms with Gasteiger partial charge in [-0.05, 0) is 24.3 Å². The largest absolute Gasteiger partial charge is 0.494 e. The fraction of sp³-hybridized carbons (Fsp3) is 0.227. The third-order valence-corrected chi connectivity index (χ3v) is 4.48. The monoisotopic (exact) mass is 451 g/mol. The Balaban J connectivity index is 1.95. The zero-order valence-corrected chi connectivity index (χ0v) is 18.5. The van der Waals surface area contributed by atoms with Crippen molar-refractivity contribution < 1.29 is 19.1 Å². The van der Waals surface area contributed by atoms with Crippen molar-refractivity contribution >= 4 is 34.8 Å². The molecule has 11 heteroatoms. The molecule has 3 aromatic rings. The van der Waals surface area contributed by atoms with Crippen molar-refractivity contribution in [2.24, 2.45) is 0 Å². The number of pyridine rings is 1. The number of benzene rings is 1. The molecule has 0 saturated carbocycles. The van der Waals surface area contributed by atoms with Crippen molar-refractivity contribution in [3.63, 3.8) is 0 Å². The van der Waals surface area contributed by atoms with Gasteiger partial charge >= 0.3 is 0 Å². The molecule has 0 fully saturated rings. The first-order valence-corrected chi connectivity index (χ1v) is 10.1. The molecule has 0 radical (unpaired) electrons. The second kappa shape index (κ2) is 11.4. The van der Waals surface area contributed by atoms with Crippen LogP contribution in [0.4, 0.5) is 23.0 Å². The molecular weight excluding hydrogens is 426 g/mol. The van der Waals surface area contributed by atoms with E-state index in [1.165, 1.54) is 14.2 Å². The maximum atomic E-state index is 12.6. The molecule has 2 heterocycles. The summed E-state index contributed by atoms with van der Waals surface area (Å²) in [5, 5.41) is 19.6. The van der Waals surface area contributed by atoms with E-state index in [2.05, 4.69) is 36.4 Å². The van der Waals surface area contributed by atoms with Crippen LogP contribution >= 0.6 is 0 Å². The number of hydrogen-bond acceptors (Lipinski definition) is 9. The highest BCUT2D eigenvalue weighted by atomic mass is 16.5. The molecule has 2 aromatic heterocycles. The van der Waals surface area contributed by atoms with Crippen LogP contribution in [0.3, 0.4) is 0 Å². The van der Waals surface area contributed by atoms with Gasteiger partial charge in [0, 0.05) is 33.0 Å². The topological polar surface area (TPSA) is 139 Å². The SMILES string of the molecule is CNC(=O)c1nnc(Nc2ccccn2)cc1Nc1cccc(C(=O)NCCOC)c1OC. The number of aromatic nitrogens is 3. The van der Waals surface area contributed by atoms with Gasteiger partial charge in [0.15, 0.2) is 17.3 Å². The van der Waals surface area contributed by atoms with Crippen molar-refractivity contribution in [2.45, 2.75) is 0 Å². The highest BCUT2D eigenvalue weighted by Gasteiger charge is 2.19. The molecule has 11 nitrogen and oxygen atoms in total. The minimum atomic E-state index is -0.429. The van der Waals surface area contributed by atoms with Gasteiger partial charge in [-0.25, -0.2) is 4.98 Å². The normalized spacial score (nSPS) is 10.3. The summed E-state index contributed by atoms with van der Waals surface area (Å²) in [6, 6.07) is 12.1. The minimum absolute atomic E-state index is 0.0704. The number of nitrogens with one attached hydrogen (secondary N) is 4. The molecule has 0 aliphatic carbocycles. The average Bonchev–Trinajstić information content (AvgIpc) is 2.84. The number of anilines is 4. The number of hydrogen-bond donors (Lipinski definition) is 4. The highest BCUT2D eigenvalue weighted by Crippen LogP contribution is 2.33. The molecule has 0 saturated heterocycles. The lowest BCUT2D eigenvalue weighted by Gasteiger charge is -2.17. The number of carbonyl (C=O) groups excluding carboxylic acids is 2. The van der Waals surface area contributed by atoms with Crippen LogP contribution in [0.5, 0.6) is 5.75 Å². The minimum Gasteiger partial charge on any atom is -0.494 e. The van der Waals surface area contributed by atoms with Crippen molar-refractivity contribution in [1.82, 2.24) is 25.8 Å². The quantitative estimate of drug-likeness (QED) is 0.341. The lowest BCUT2D eigenvalue weighted by molar-refractivity contribution is 0.0931. The van der Waals surface area contributed by atoms with E-state index in [-0.39, 0.29) is 11.6 Å². The van der Waals surface area contributed by atoms with E-state index in [1.807, 2.05) is 6.07 Å². The first-order valence-electron chi connectivity index (χ1n) is 10.1. The number of nitrogens with zero attached hydrogens (tertiary/aromatic N) is 3. The molecule has 3 rings (SSSR count). The zero-order chi connectivity index (χ0) is 23.6. The van der Waals surface area contributed by atoms with Crippen LogP contribution in [0.1, 0.15) is 20.8 Å². The van der Waals surface area contributed by atoms with Crippen LogP contribution in [0.15, 0.2) is 48.7 Å². The molecule has 33 heavy (non-hydrogen) atoms. The summed E-state index contributed by atoms with van der Waals surface area (Å²) >= 11 is 0. The average molecular weight is 451 g/mol. The molecule has 2 amide bonds. The molecular formula is C22H25N7O4. The van der Waals surface area contributed by atoms with Crippen molar-refractivity contribution in [1.29, 1.82) is 0 Å².